The Balaban J connectivity index is 3.57. The Labute approximate surface area is 71.1 Å². The molecule has 0 rings (SSSR count). The molecule has 0 heterocycles. The molecule has 0 unspecified atom stereocenters. The zero-order valence-electron chi connectivity index (χ0n) is 6.80. The van der Waals surface area contributed by atoms with Crippen LogP contribution in [0.3, 0.4) is 0 Å². The summed E-state index contributed by atoms with van der Waals surface area (Å²) in [4.78, 5) is 21.0. The number of hydrogen-bond acceptors (Lipinski definition) is 2. The molecule has 0 aliphatic rings. The summed E-state index contributed by atoms with van der Waals surface area (Å²) in [6.45, 7) is 7.05. The van der Waals surface area contributed by atoms with Crippen molar-refractivity contribution in [2.24, 2.45) is 5.73 Å². The second-order valence-corrected chi connectivity index (χ2v) is 2.21. The van der Waals surface area contributed by atoms with Crippen LogP contribution in [-0.2, 0) is 9.59 Å². The van der Waals surface area contributed by atoms with E-state index in [9.17, 15) is 9.59 Å². The summed E-state index contributed by atoms with van der Waals surface area (Å²) >= 11 is 0. The molecule has 0 fully saturated rings. The molecule has 0 aliphatic carbocycles. The molecule has 0 atom stereocenters. The van der Waals surface area contributed by atoms with Gasteiger partial charge in [0.1, 0.15) is 0 Å². The predicted molar refractivity (Wildman–Crippen MR) is 46.2 cm³/mol. The minimum absolute atomic E-state index is 0.271. The number of carbonyl (C=O) groups is 2. The van der Waals surface area contributed by atoms with Gasteiger partial charge in [0.05, 0.1) is 0 Å². The van der Waals surface area contributed by atoms with Crippen molar-refractivity contribution >= 4 is 11.8 Å². The summed E-state index contributed by atoms with van der Waals surface area (Å²) < 4.78 is 0. The van der Waals surface area contributed by atoms with E-state index in [1.54, 1.807) is 0 Å². The van der Waals surface area contributed by atoms with Gasteiger partial charge in [0, 0.05) is 12.1 Å². The van der Waals surface area contributed by atoms with Crippen LogP contribution in [0.2, 0.25) is 0 Å². The van der Waals surface area contributed by atoms with Gasteiger partial charge in [-0.1, -0.05) is 13.2 Å². The second-order valence-electron chi connectivity index (χ2n) is 2.21. The monoisotopic (exact) mass is 168 g/mol. The Bertz CT molecular complexity index is 221. The van der Waals surface area contributed by atoms with Crippen LogP contribution in [0, 0.1) is 0 Å². The maximum atomic E-state index is 10.6. The molecular weight excluding hydrogens is 156 g/mol. The van der Waals surface area contributed by atoms with Gasteiger partial charge < -0.3 is 11.1 Å². The van der Waals surface area contributed by atoms with E-state index in [0.29, 0.717) is 18.5 Å². The number of primary amides is 1. The maximum Gasteiger partial charge on any atom is 0.244 e. The van der Waals surface area contributed by atoms with Gasteiger partial charge in [-0.25, -0.2) is 0 Å². The van der Waals surface area contributed by atoms with E-state index in [1.165, 1.54) is 0 Å². The van der Waals surface area contributed by atoms with Gasteiger partial charge in [0.2, 0.25) is 11.8 Å². The molecule has 2 amide bonds. The molecule has 0 spiro atoms. The topological polar surface area (TPSA) is 72.2 Å². The van der Waals surface area contributed by atoms with Gasteiger partial charge in [-0.15, -0.1) is 0 Å². The first kappa shape index (κ1) is 10.4. The zero-order chi connectivity index (χ0) is 9.56. The average Bonchev–Trinajstić information content (AvgIpc) is 2.03. The van der Waals surface area contributed by atoms with Crippen molar-refractivity contribution in [2.45, 2.75) is 6.42 Å². The highest BCUT2D eigenvalue weighted by atomic mass is 16.1. The Hall–Kier alpha value is -1.58. The van der Waals surface area contributed by atoms with Crippen molar-refractivity contribution in [1.82, 2.24) is 5.32 Å². The van der Waals surface area contributed by atoms with Crippen LogP contribution in [0.25, 0.3) is 0 Å². The number of carbonyl (C=O) groups excluding carboxylic acids is 2. The molecule has 0 aromatic heterocycles. The van der Waals surface area contributed by atoms with Crippen molar-refractivity contribution in [2.75, 3.05) is 6.54 Å². The third kappa shape index (κ3) is 4.27. The molecule has 0 saturated heterocycles. The van der Waals surface area contributed by atoms with Crippen molar-refractivity contribution in [3.8, 4) is 0 Å². The fourth-order valence-electron chi connectivity index (χ4n) is 0.532. The highest BCUT2D eigenvalue weighted by Gasteiger charge is 2.00. The fourth-order valence-corrected chi connectivity index (χ4v) is 0.532. The zero-order valence-corrected chi connectivity index (χ0v) is 6.80. The summed E-state index contributed by atoms with van der Waals surface area (Å²) in [5.41, 5.74) is 5.22. The van der Waals surface area contributed by atoms with Crippen molar-refractivity contribution < 1.29 is 9.59 Å². The highest BCUT2D eigenvalue weighted by molar-refractivity contribution is 5.91. The van der Waals surface area contributed by atoms with Crippen molar-refractivity contribution in [3.05, 3.63) is 24.8 Å². The summed E-state index contributed by atoms with van der Waals surface area (Å²) in [5, 5.41) is 2.49. The lowest BCUT2D eigenvalue weighted by Crippen LogP contribution is -2.24. The largest absolute Gasteiger partial charge is 0.366 e. The van der Waals surface area contributed by atoms with E-state index >= 15 is 0 Å². The van der Waals surface area contributed by atoms with E-state index in [4.69, 9.17) is 5.73 Å². The molecule has 0 aromatic rings. The standard InChI is InChI=1S/C8H12N2O2/c1-3-7(11)10-5-4-6(2)8(9)12/h3H,1-2,4-5H2,(H2,9,12)(H,10,11). The maximum absolute atomic E-state index is 10.6. The van der Waals surface area contributed by atoms with E-state index in [-0.39, 0.29) is 5.91 Å². The van der Waals surface area contributed by atoms with Crippen LogP contribution in [-0.4, -0.2) is 18.4 Å². The van der Waals surface area contributed by atoms with E-state index in [0.717, 1.165) is 6.08 Å². The quantitative estimate of drug-likeness (QED) is 0.554. The minimum Gasteiger partial charge on any atom is -0.366 e. The van der Waals surface area contributed by atoms with Crippen LogP contribution in [0.4, 0.5) is 0 Å². The Morgan fingerprint density at radius 3 is 2.50 bits per heavy atom. The molecule has 0 bridgehead atoms. The molecule has 0 aliphatic heterocycles. The van der Waals surface area contributed by atoms with Gasteiger partial charge in [0.25, 0.3) is 0 Å². The van der Waals surface area contributed by atoms with Crippen molar-refractivity contribution in [1.29, 1.82) is 0 Å². The smallest absolute Gasteiger partial charge is 0.244 e. The van der Waals surface area contributed by atoms with Crippen molar-refractivity contribution in [3.63, 3.8) is 0 Å². The van der Waals surface area contributed by atoms with Gasteiger partial charge in [0.15, 0.2) is 0 Å². The Morgan fingerprint density at radius 1 is 1.50 bits per heavy atom. The molecule has 0 saturated carbocycles. The van der Waals surface area contributed by atoms with E-state index in [1.807, 2.05) is 0 Å². The molecule has 66 valence electrons. The molecular formula is C8H12N2O2. The highest BCUT2D eigenvalue weighted by Crippen LogP contribution is 1.93. The average molecular weight is 168 g/mol. The first-order valence-electron chi connectivity index (χ1n) is 3.45. The molecule has 4 nitrogen and oxygen atoms in total. The molecule has 0 radical (unpaired) electrons. The molecule has 4 heteroatoms. The summed E-state index contributed by atoms with van der Waals surface area (Å²) in [7, 11) is 0. The summed E-state index contributed by atoms with van der Waals surface area (Å²) in [6.07, 6.45) is 1.53. The third-order valence-corrected chi connectivity index (χ3v) is 1.26. The first-order chi connectivity index (χ1) is 5.57. The number of hydrogen-bond donors (Lipinski definition) is 2. The van der Waals surface area contributed by atoms with E-state index < -0.39 is 5.91 Å². The fraction of sp³-hybridized carbons (Fsp3) is 0.250. The van der Waals surface area contributed by atoms with Crippen LogP contribution >= 0.6 is 0 Å². The molecule has 3 N–H and O–H groups in total. The normalized spacial score (nSPS) is 8.67. The van der Waals surface area contributed by atoms with Gasteiger partial charge in [-0.2, -0.15) is 0 Å². The van der Waals surface area contributed by atoms with Gasteiger partial charge in [-0.05, 0) is 12.5 Å². The lowest BCUT2D eigenvalue weighted by Gasteiger charge is -2.01. The molecule has 12 heavy (non-hydrogen) atoms. The number of nitrogens with two attached hydrogens (primary N) is 1. The predicted octanol–water partition coefficient (Wildman–Crippen LogP) is -0.280. The van der Waals surface area contributed by atoms with Crippen LogP contribution in [0.5, 0.6) is 0 Å². The van der Waals surface area contributed by atoms with Gasteiger partial charge >= 0.3 is 0 Å². The number of nitrogens with one attached hydrogen (secondary N) is 1. The SMILES string of the molecule is C=CC(=O)NCCC(=C)C(N)=O. The summed E-state index contributed by atoms with van der Waals surface area (Å²) in [5.74, 6) is -0.810. The lowest BCUT2D eigenvalue weighted by molar-refractivity contribution is -0.117. The lowest BCUT2D eigenvalue weighted by atomic mass is 10.2. The Morgan fingerprint density at radius 2 is 2.08 bits per heavy atom. The Kier molecular flexibility index (Phi) is 4.45. The van der Waals surface area contributed by atoms with Gasteiger partial charge in [-0.3, -0.25) is 9.59 Å². The second kappa shape index (κ2) is 5.12. The van der Waals surface area contributed by atoms with E-state index in [2.05, 4.69) is 18.5 Å². The van der Waals surface area contributed by atoms with Crippen LogP contribution in [0.15, 0.2) is 24.8 Å². The van der Waals surface area contributed by atoms with Crippen LogP contribution in [0.1, 0.15) is 6.42 Å². The molecule has 0 aromatic carbocycles. The number of rotatable bonds is 5. The van der Waals surface area contributed by atoms with Crippen LogP contribution < -0.4 is 11.1 Å². The minimum atomic E-state index is -0.539. The number of amides is 2. The third-order valence-electron chi connectivity index (χ3n) is 1.26. The summed E-state index contributed by atoms with van der Waals surface area (Å²) in [6, 6.07) is 0. The first-order valence-corrected chi connectivity index (χ1v) is 3.45.